The number of nitrogens with zero attached hydrogens (tertiary/aromatic N) is 1. The minimum Gasteiger partial charge on any atom is -0.481 e. The van der Waals surface area contributed by atoms with E-state index in [4.69, 9.17) is 10.8 Å². The van der Waals surface area contributed by atoms with Gasteiger partial charge in [0.05, 0.1) is 18.5 Å². The molecule has 0 radical (unpaired) electrons. The molecule has 2 rings (SSSR count). The number of nitrogens with two attached hydrogens (primary N) is 1. The van der Waals surface area contributed by atoms with Crippen LogP contribution in [0.15, 0.2) is 30.3 Å². The van der Waals surface area contributed by atoms with E-state index in [1.807, 2.05) is 0 Å². The number of aliphatic hydroxyl groups excluding tert-OH is 1. The number of carboxylic acid groups (broad SMARTS) is 3. The van der Waals surface area contributed by atoms with Crippen molar-refractivity contribution < 1.29 is 58.8 Å². The second-order valence-electron chi connectivity index (χ2n) is 14.3. The minimum atomic E-state index is -2.06. The van der Waals surface area contributed by atoms with E-state index in [0.29, 0.717) is 18.4 Å². The lowest BCUT2D eigenvalue weighted by Crippen LogP contribution is -2.61. The smallest absolute Gasteiger partial charge is 0.326 e. The Morgan fingerprint density at radius 3 is 1.98 bits per heavy atom. The molecule has 7 atom stereocenters. The van der Waals surface area contributed by atoms with E-state index >= 15 is 0 Å². The number of carboxylic acids is 3. The van der Waals surface area contributed by atoms with Gasteiger partial charge in [0.2, 0.25) is 23.6 Å². The van der Waals surface area contributed by atoms with Crippen LogP contribution in [0.5, 0.6) is 0 Å². The maximum absolute atomic E-state index is 13.9. The van der Waals surface area contributed by atoms with Crippen molar-refractivity contribution in [2.75, 3.05) is 6.54 Å². The number of carbonyl (C=O) groups excluding carboxylic acids is 5. The Balaban J connectivity index is 2.34. The van der Waals surface area contributed by atoms with Gasteiger partial charge >= 0.3 is 17.9 Å². The highest BCUT2D eigenvalue weighted by Gasteiger charge is 2.39. The largest absolute Gasteiger partial charge is 0.481 e. The molecule has 0 bridgehead atoms. The number of piperidine rings is 1. The minimum absolute atomic E-state index is 0.0267. The molecular weight excluding hydrogens is 708 g/mol. The van der Waals surface area contributed by atoms with E-state index in [9.17, 15) is 53.7 Å². The number of nitrogens with one attached hydrogen (secondary N) is 4. The van der Waals surface area contributed by atoms with Crippen LogP contribution in [0.25, 0.3) is 0 Å². The van der Waals surface area contributed by atoms with Crippen LogP contribution in [0.1, 0.15) is 78.2 Å². The van der Waals surface area contributed by atoms with Crippen molar-refractivity contribution in [3.05, 3.63) is 35.9 Å². The predicted molar refractivity (Wildman–Crippen MR) is 192 cm³/mol. The number of aliphatic hydroxyl groups is 1. The standard InChI is InChI=1S/C36H54N6O12/c1-19(2)16-24(39-33(50)29(20(3)4)41-31(48)22(37)13-14-27(43)44)32(49)38-23(17-21-10-6-5-7-11-21)30(47)34(51)40-25(18-28(45)46)35(52)42-15-9-8-12-26(42)36(53)54/h5-7,10-11,19-20,22-26,29-30,47H,8-9,12-18,37H2,1-4H3,(H,38,49)(H,39,50)(H,40,51)(H,41,48)(H,43,44)(H,45,46)(H,53,54)/t22-,23-,24-,25-,26?,29-,30+/m0/s1. The molecule has 300 valence electrons. The lowest BCUT2D eigenvalue weighted by atomic mass is 9.97. The number of aliphatic carboxylic acids is 3. The van der Waals surface area contributed by atoms with E-state index in [1.165, 1.54) is 0 Å². The number of rotatable bonds is 21. The van der Waals surface area contributed by atoms with Crippen molar-refractivity contribution in [2.45, 2.75) is 121 Å². The summed E-state index contributed by atoms with van der Waals surface area (Å²) in [5.74, 6) is -8.98. The first-order valence-electron chi connectivity index (χ1n) is 18.0. The van der Waals surface area contributed by atoms with Crippen LogP contribution in [-0.2, 0) is 44.8 Å². The van der Waals surface area contributed by atoms with Gasteiger partial charge in [0.15, 0.2) is 6.10 Å². The highest BCUT2D eigenvalue weighted by atomic mass is 16.4. The molecule has 0 aliphatic carbocycles. The first-order chi connectivity index (χ1) is 25.3. The summed E-state index contributed by atoms with van der Waals surface area (Å²) in [5.41, 5.74) is 6.41. The van der Waals surface area contributed by atoms with E-state index < -0.39 is 102 Å². The average molecular weight is 763 g/mol. The molecule has 1 heterocycles. The Bertz CT molecular complexity index is 1490. The third kappa shape index (κ3) is 14.4. The second kappa shape index (κ2) is 21.6. The van der Waals surface area contributed by atoms with E-state index in [0.717, 1.165) is 4.90 Å². The second-order valence-corrected chi connectivity index (χ2v) is 14.3. The summed E-state index contributed by atoms with van der Waals surface area (Å²) in [7, 11) is 0. The summed E-state index contributed by atoms with van der Waals surface area (Å²) in [6, 6.07) is 0.512. The summed E-state index contributed by atoms with van der Waals surface area (Å²) >= 11 is 0. The third-order valence-corrected chi connectivity index (χ3v) is 8.93. The number of amides is 5. The Hall–Kier alpha value is -5.10. The highest BCUT2D eigenvalue weighted by Crippen LogP contribution is 2.19. The number of likely N-dealkylation sites (tertiary alicyclic amines) is 1. The van der Waals surface area contributed by atoms with Crippen molar-refractivity contribution in [2.24, 2.45) is 17.6 Å². The quantitative estimate of drug-likeness (QED) is 0.0755. The van der Waals surface area contributed by atoms with Gasteiger partial charge in [-0.2, -0.15) is 0 Å². The number of benzene rings is 1. The summed E-state index contributed by atoms with van der Waals surface area (Å²) in [6.45, 7) is 6.89. The molecule has 0 aromatic heterocycles. The van der Waals surface area contributed by atoms with Crippen molar-refractivity contribution in [3.8, 4) is 0 Å². The zero-order valence-electron chi connectivity index (χ0n) is 31.0. The van der Waals surface area contributed by atoms with Crippen LogP contribution in [-0.4, -0.2) is 122 Å². The van der Waals surface area contributed by atoms with Gasteiger partial charge in [0.1, 0.15) is 24.2 Å². The number of hydrogen-bond acceptors (Lipinski definition) is 10. The molecule has 1 aliphatic heterocycles. The fourth-order valence-corrected chi connectivity index (χ4v) is 6.03. The maximum Gasteiger partial charge on any atom is 0.326 e. The van der Waals surface area contributed by atoms with Crippen molar-refractivity contribution in [3.63, 3.8) is 0 Å². The molecule has 18 heteroatoms. The van der Waals surface area contributed by atoms with Crippen molar-refractivity contribution in [1.82, 2.24) is 26.2 Å². The molecule has 1 aromatic carbocycles. The van der Waals surface area contributed by atoms with Crippen LogP contribution in [0.2, 0.25) is 0 Å². The lowest BCUT2D eigenvalue weighted by molar-refractivity contribution is -0.154. The summed E-state index contributed by atoms with van der Waals surface area (Å²) < 4.78 is 0. The van der Waals surface area contributed by atoms with Crippen LogP contribution >= 0.6 is 0 Å². The molecule has 1 fully saturated rings. The lowest BCUT2D eigenvalue weighted by Gasteiger charge is -2.35. The molecule has 0 saturated carbocycles. The molecule has 18 nitrogen and oxygen atoms in total. The van der Waals surface area contributed by atoms with Gasteiger partial charge in [0.25, 0.3) is 5.91 Å². The number of carbonyl (C=O) groups is 8. The Kier molecular flexibility index (Phi) is 18.0. The SMILES string of the molecule is CC(C)C[C@H](NC(=O)[C@@H](NC(=O)[C@@H](N)CCC(=O)O)C(C)C)C(=O)N[C@@H](Cc1ccccc1)[C@@H](O)C(=O)N[C@@H](CC(=O)O)C(=O)N1CCCCC1C(=O)O. The van der Waals surface area contributed by atoms with Gasteiger partial charge < -0.3 is 52.3 Å². The molecule has 1 aromatic rings. The molecule has 10 N–H and O–H groups in total. The zero-order valence-corrected chi connectivity index (χ0v) is 31.0. The van der Waals surface area contributed by atoms with E-state index in [1.54, 1.807) is 58.0 Å². The fourth-order valence-electron chi connectivity index (χ4n) is 6.03. The molecule has 54 heavy (non-hydrogen) atoms. The summed E-state index contributed by atoms with van der Waals surface area (Å²) in [5, 5.41) is 49.5. The predicted octanol–water partition coefficient (Wildman–Crippen LogP) is -0.636. The van der Waals surface area contributed by atoms with Crippen LogP contribution in [0.4, 0.5) is 0 Å². The van der Waals surface area contributed by atoms with Crippen LogP contribution in [0, 0.1) is 11.8 Å². The molecule has 1 aliphatic rings. The van der Waals surface area contributed by atoms with Crippen molar-refractivity contribution >= 4 is 47.4 Å². The van der Waals surface area contributed by atoms with Crippen LogP contribution < -0.4 is 27.0 Å². The molecule has 0 spiro atoms. The molecule has 5 amide bonds. The molecular formula is C36H54N6O12. The normalized spacial score (nSPS) is 17.6. The summed E-state index contributed by atoms with van der Waals surface area (Å²) in [6.07, 6.45) is -2.38. The Labute approximate surface area is 313 Å². The van der Waals surface area contributed by atoms with Gasteiger partial charge in [-0.3, -0.25) is 33.6 Å². The van der Waals surface area contributed by atoms with Crippen molar-refractivity contribution in [1.29, 1.82) is 0 Å². The number of hydrogen-bond donors (Lipinski definition) is 9. The summed E-state index contributed by atoms with van der Waals surface area (Å²) in [4.78, 5) is 103. The van der Waals surface area contributed by atoms with E-state index in [2.05, 4.69) is 21.3 Å². The first kappa shape index (κ1) is 45.1. The Morgan fingerprint density at radius 1 is 0.796 bits per heavy atom. The maximum atomic E-state index is 13.9. The third-order valence-electron chi connectivity index (χ3n) is 8.93. The fraction of sp³-hybridized carbons (Fsp3) is 0.611. The topological polar surface area (TPSA) is 295 Å². The first-order valence-corrected chi connectivity index (χ1v) is 18.0. The highest BCUT2D eigenvalue weighted by molar-refractivity contribution is 5.95. The van der Waals surface area contributed by atoms with Gasteiger partial charge in [-0.1, -0.05) is 58.0 Å². The van der Waals surface area contributed by atoms with Gasteiger partial charge in [-0.15, -0.1) is 0 Å². The monoisotopic (exact) mass is 762 g/mol. The van der Waals surface area contributed by atoms with E-state index in [-0.39, 0.29) is 44.6 Å². The average Bonchev–Trinajstić information content (AvgIpc) is 3.10. The Morgan fingerprint density at radius 2 is 1.43 bits per heavy atom. The zero-order chi connectivity index (χ0) is 40.7. The van der Waals surface area contributed by atoms with Gasteiger partial charge in [0, 0.05) is 13.0 Å². The van der Waals surface area contributed by atoms with Crippen LogP contribution in [0.3, 0.4) is 0 Å². The van der Waals surface area contributed by atoms with Gasteiger partial charge in [-0.25, -0.2) is 4.79 Å². The molecule has 1 saturated heterocycles. The molecule has 1 unspecified atom stereocenters. The van der Waals surface area contributed by atoms with Gasteiger partial charge in [-0.05, 0) is 55.9 Å².